The predicted octanol–water partition coefficient (Wildman–Crippen LogP) is 1.37. The van der Waals surface area contributed by atoms with E-state index in [9.17, 15) is 14.4 Å². The molecule has 0 aliphatic heterocycles. The maximum Gasteiger partial charge on any atom is 0.369 e. The molecule has 0 spiro atoms. The number of nitrogens with one attached hydrogen (secondary N) is 1. The third kappa shape index (κ3) is 3.67. The number of carbonyl (C=O) groups excluding carboxylic acids is 2. The van der Waals surface area contributed by atoms with Gasteiger partial charge in [-0.05, 0) is 46.3 Å². The fourth-order valence-electron chi connectivity index (χ4n) is 1.98. The van der Waals surface area contributed by atoms with Gasteiger partial charge in [0.1, 0.15) is 16.5 Å². The standard InChI is InChI=1S/C14H13N5O4S2/c1-2-23-13(21)9-5-7-25-12(9)15-10(20)8-18-14(22)19(17-16-18)11-4-3-6-24-11/h3-7H,2,8H2,1H3,(H,15,20). The Kier molecular flexibility index (Phi) is 5.05. The van der Waals surface area contributed by atoms with Crippen LogP contribution in [0, 0.1) is 0 Å². The molecule has 0 saturated carbocycles. The van der Waals surface area contributed by atoms with Crippen LogP contribution in [0.4, 0.5) is 5.00 Å². The van der Waals surface area contributed by atoms with Gasteiger partial charge >= 0.3 is 11.7 Å². The summed E-state index contributed by atoms with van der Waals surface area (Å²) in [6.07, 6.45) is 0. The molecule has 1 N–H and O–H groups in total. The maximum absolute atomic E-state index is 12.2. The van der Waals surface area contributed by atoms with Gasteiger partial charge in [0.2, 0.25) is 5.91 Å². The number of anilines is 1. The van der Waals surface area contributed by atoms with Crippen molar-refractivity contribution in [2.45, 2.75) is 13.5 Å². The summed E-state index contributed by atoms with van der Waals surface area (Å²) >= 11 is 2.52. The quantitative estimate of drug-likeness (QED) is 0.648. The highest BCUT2D eigenvalue weighted by atomic mass is 32.1. The molecule has 25 heavy (non-hydrogen) atoms. The second kappa shape index (κ2) is 7.40. The Morgan fingerprint density at radius 1 is 1.24 bits per heavy atom. The van der Waals surface area contributed by atoms with Crippen molar-refractivity contribution in [3.05, 3.63) is 45.0 Å². The van der Waals surface area contributed by atoms with Gasteiger partial charge in [-0.3, -0.25) is 4.79 Å². The number of ether oxygens (including phenoxy) is 1. The number of amides is 1. The van der Waals surface area contributed by atoms with Crippen LogP contribution in [-0.2, 0) is 16.1 Å². The van der Waals surface area contributed by atoms with E-state index in [0.29, 0.717) is 10.0 Å². The Hall–Kier alpha value is -2.79. The summed E-state index contributed by atoms with van der Waals surface area (Å²) in [5.74, 6) is -1.01. The van der Waals surface area contributed by atoms with Gasteiger partial charge in [0, 0.05) is 0 Å². The second-order valence-corrected chi connectivity index (χ2v) is 6.56. The molecule has 3 aromatic rings. The average molecular weight is 379 g/mol. The number of thiophene rings is 2. The number of aromatic nitrogens is 4. The van der Waals surface area contributed by atoms with Crippen LogP contribution in [0.1, 0.15) is 17.3 Å². The lowest BCUT2D eigenvalue weighted by Gasteiger charge is -2.05. The molecule has 0 atom stereocenters. The molecule has 0 bridgehead atoms. The van der Waals surface area contributed by atoms with Crippen molar-refractivity contribution in [1.29, 1.82) is 0 Å². The largest absolute Gasteiger partial charge is 0.462 e. The molecule has 0 aromatic carbocycles. The molecule has 9 nitrogen and oxygen atoms in total. The van der Waals surface area contributed by atoms with Crippen molar-refractivity contribution in [3.8, 4) is 5.00 Å². The van der Waals surface area contributed by atoms with Crippen LogP contribution in [0.2, 0.25) is 0 Å². The van der Waals surface area contributed by atoms with Crippen LogP contribution >= 0.6 is 22.7 Å². The summed E-state index contributed by atoms with van der Waals surface area (Å²) in [5.41, 5.74) is -0.246. The first-order valence-corrected chi connectivity index (χ1v) is 8.97. The van der Waals surface area contributed by atoms with Crippen LogP contribution in [0.15, 0.2) is 33.8 Å². The van der Waals surface area contributed by atoms with Crippen LogP contribution in [0.3, 0.4) is 0 Å². The lowest BCUT2D eigenvalue weighted by atomic mass is 10.3. The highest BCUT2D eigenvalue weighted by Gasteiger charge is 2.18. The summed E-state index contributed by atoms with van der Waals surface area (Å²) < 4.78 is 7.00. The van der Waals surface area contributed by atoms with Gasteiger partial charge < -0.3 is 10.1 Å². The molecule has 0 aliphatic rings. The molecule has 130 valence electrons. The van der Waals surface area contributed by atoms with Crippen molar-refractivity contribution in [3.63, 3.8) is 0 Å². The van der Waals surface area contributed by atoms with Crippen molar-refractivity contribution < 1.29 is 14.3 Å². The number of tetrazole rings is 1. The molecular formula is C14H13N5O4S2. The molecule has 3 heterocycles. The lowest BCUT2D eigenvalue weighted by molar-refractivity contribution is -0.117. The molecule has 0 radical (unpaired) electrons. The molecule has 0 unspecified atom stereocenters. The number of rotatable bonds is 6. The summed E-state index contributed by atoms with van der Waals surface area (Å²) in [7, 11) is 0. The zero-order valence-electron chi connectivity index (χ0n) is 13.0. The summed E-state index contributed by atoms with van der Waals surface area (Å²) in [4.78, 5) is 36.2. The number of carbonyl (C=O) groups is 2. The predicted molar refractivity (Wildman–Crippen MR) is 92.4 cm³/mol. The van der Waals surface area contributed by atoms with Crippen LogP contribution < -0.4 is 11.0 Å². The fraction of sp³-hybridized carbons (Fsp3) is 0.214. The van der Waals surface area contributed by atoms with E-state index in [0.717, 1.165) is 9.36 Å². The van der Waals surface area contributed by atoms with Crippen LogP contribution in [-0.4, -0.2) is 38.3 Å². The molecule has 3 aromatic heterocycles. The van der Waals surface area contributed by atoms with Gasteiger partial charge in [0.15, 0.2) is 0 Å². The topological polar surface area (TPSA) is 108 Å². The highest BCUT2D eigenvalue weighted by molar-refractivity contribution is 7.14. The SMILES string of the molecule is CCOC(=O)c1ccsc1NC(=O)Cn1nnn(-c2cccs2)c1=O. The number of esters is 1. The van der Waals surface area contributed by atoms with E-state index in [1.165, 1.54) is 22.7 Å². The zero-order valence-corrected chi connectivity index (χ0v) is 14.7. The molecule has 0 saturated heterocycles. The van der Waals surface area contributed by atoms with Crippen molar-refractivity contribution in [2.24, 2.45) is 0 Å². The van der Waals surface area contributed by atoms with E-state index < -0.39 is 17.6 Å². The first-order valence-electron chi connectivity index (χ1n) is 7.21. The molecule has 0 fully saturated rings. The Morgan fingerprint density at radius 3 is 2.80 bits per heavy atom. The van der Waals surface area contributed by atoms with Crippen LogP contribution in [0.25, 0.3) is 5.00 Å². The maximum atomic E-state index is 12.2. The molecule has 0 aliphatic carbocycles. The van der Waals surface area contributed by atoms with E-state index in [1.54, 1.807) is 35.9 Å². The highest BCUT2D eigenvalue weighted by Crippen LogP contribution is 2.24. The van der Waals surface area contributed by atoms with Gasteiger partial charge in [-0.15, -0.1) is 22.7 Å². The zero-order chi connectivity index (χ0) is 17.8. The molecule has 3 rings (SSSR count). The van der Waals surface area contributed by atoms with Crippen molar-refractivity contribution >= 4 is 39.6 Å². The van der Waals surface area contributed by atoms with Crippen LogP contribution in [0.5, 0.6) is 0 Å². The van der Waals surface area contributed by atoms with Gasteiger partial charge in [0.05, 0.1) is 12.2 Å². The third-order valence-corrected chi connectivity index (χ3v) is 4.73. The Labute approximate surface area is 149 Å². The summed E-state index contributed by atoms with van der Waals surface area (Å²) in [5, 5.41) is 14.5. The van der Waals surface area contributed by atoms with E-state index in [2.05, 4.69) is 15.7 Å². The van der Waals surface area contributed by atoms with Crippen molar-refractivity contribution in [2.75, 3.05) is 11.9 Å². The van der Waals surface area contributed by atoms with Gasteiger partial charge in [-0.25, -0.2) is 9.59 Å². The minimum atomic E-state index is -0.519. The minimum absolute atomic E-state index is 0.239. The molecule has 1 amide bonds. The minimum Gasteiger partial charge on any atom is -0.462 e. The summed E-state index contributed by atoms with van der Waals surface area (Å²) in [6.45, 7) is 1.62. The number of hydrogen-bond donors (Lipinski definition) is 1. The average Bonchev–Trinajstić information content (AvgIpc) is 3.30. The first kappa shape index (κ1) is 17.0. The molecular weight excluding hydrogens is 366 g/mol. The Morgan fingerprint density at radius 2 is 2.08 bits per heavy atom. The van der Waals surface area contributed by atoms with E-state index in [4.69, 9.17) is 4.74 Å². The normalized spacial score (nSPS) is 10.6. The van der Waals surface area contributed by atoms with E-state index in [-0.39, 0.29) is 18.7 Å². The van der Waals surface area contributed by atoms with Gasteiger partial charge in [0.25, 0.3) is 0 Å². The number of hydrogen-bond acceptors (Lipinski definition) is 8. The monoisotopic (exact) mass is 379 g/mol. The fourth-order valence-corrected chi connectivity index (χ4v) is 3.44. The van der Waals surface area contributed by atoms with Gasteiger partial charge in [-0.1, -0.05) is 0 Å². The first-order chi connectivity index (χ1) is 12.1. The van der Waals surface area contributed by atoms with Crippen molar-refractivity contribution in [1.82, 2.24) is 19.8 Å². The number of nitrogens with zero attached hydrogens (tertiary/aromatic N) is 4. The molecule has 11 heteroatoms. The van der Waals surface area contributed by atoms with E-state index in [1.807, 2.05) is 0 Å². The Bertz CT molecular complexity index is 941. The Balaban J connectivity index is 1.71. The lowest BCUT2D eigenvalue weighted by Crippen LogP contribution is -2.29. The van der Waals surface area contributed by atoms with E-state index >= 15 is 0 Å². The second-order valence-electron chi connectivity index (χ2n) is 4.71. The third-order valence-electron chi connectivity index (χ3n) is 3.06. The van der Waals surface area contributed by atoms with Gasteiger partial charge in [-0.2, -0.15) is 9.36 Å². The summed E-state index contributed by atoms with van der Waals surface area (Å²) in [6, 6.07) is 5.08. The smallest absolute Gasteiger partial charge is 0.369 e.